The fraction of sp³-hybridized carbons (Fsp3) is 0.625. The molecule has 4 heteroatoms. The molecule has 0 aliphatic carbocycles. The third kappa shape index (κ3) is 3.87. The maximum Gasteiger partial charge on any atom is 0.0750 e. The summed E-state index contributed by atoms with van der Waals surface area (Å²) in [4.78, 5) is 2.36. The number of nitrogens with zero attached hydrogens (tertiary/aromatic N) is 1. The Kier molecular flexibility index (Phi) is 5.70. The molecule has 3 nitrogen and oxygen atoms in total. The summed E-state index contributed by atoms with van der Waals surface area (Å²) in [7, 11) is 0. The van der Waals surface area contributed by atoms with Crippen molar-refractivity contribution in [2.45, 2.75) is 45.3 Å². The molecule has 1 heterocycles. The van der Waals surface area contributed by atoms with Crippen LogP contribution >= 0.6 is 11.6 Å². The van der Waals surface area contributed by atoms with Crippen molar-refractivity contribution in [1.82, 2.24) is 0 Å². The highest BCUT2D eigenvalue weighted by Crippen LogP contribution is 2.29. The summed E-state index contributed by atoms with van der Waals surface area (Å²) >= 11 is 6.38. The quantitative estimate of drug-likeness (QED) is 0.876. The van der Waals surface area contributed by atoms with Crippen LogP contribution in [0.1, 0.15) is 32.3 Å². The Balaban J connectivity index is 2.21. The molecule has 0 amide bonds. The zero-order chi connectivity index (χ0) is 14.5. The predicted octanol–water partition coefficient (Wildman–Crippen LogP) is 3.24. The molecule has 2 rings (SSSR count). The van der Waals surface area contributed by atoms with Gasteiger partial charge in [-0.15, -0.1) is 0 Å². The number of halogens is 1. The van der Waals surface area contributed by atoms with Crippen molar-refractivity contribution in [1.29, 1.82) is 0 Å². The molecule has 0 saturated carbocycles. The summed E-state index contributed by atoms with van der Waals surface area (Å²) in [5.74, 6) is 0. The van der Waals surface area contributed by atoms with Crippen LogP contribution in [0.25, 0.3) is 0 Å². The molecule has 0 bridgehead atoms. The topological polar surface area (TPSA) is 38.5 Å². The maximum absolute atomic E-state index is 6.38. The van der Waals surface area contributed by atoms with E-state index in [0.29, 0.717) is 6.10 Å². The van der Waals surface area contributed by atoms with E-state index in [0.717, 1.165) is 43.1 Å². The Morgan fingerprint density at radius 1 is 1.50 bits per heavy atom. The second-order valence-corrected chi connectivity index (χ2v) is 6.00. The van der Waals surface area contributed by atoms with Gasteiger partial charge in [0.1, 0.15) is 0 Å². The molecule has 1 saturated heterocycles. The number of benzene rings is 1. The van der Waals surface area contributed by atoms with Crippen molar-refractivity contribution in [3.8, 4) is 0 Å². The summed E-state index contributed by atoms with van der Waals surface area (Å²) in [6.07, 6.45) is 3.47. The van der Waals surface area contributed by atoms with Gasteiger partial charge in [-0.25, -0.2) is 0 Å². The number of rotatable bonds is 6. The highest BCUT2D eigenvalue weighted by molar-refractivity contribution is 6.31. The number of ether oxygens (including phenoxy) is 1. The molecule has 1 aromatic rings. The second kappa shape index (κ2) is 7.30. The fourth-order valence-electron chi connectivity index (χ4n) is 2.80. The third-order valence-electron chi connectivity index (χ3n) is 3.79. The normalized spacial score (nSPS) is 20.1. The van der Waals surface area contributed by atoms with Gasteiger partial charge in [-0.1, -0.05) is 17.7 Å². The third-order valence-corrected chi connectivity index (χ3v) is 4.14. The van der Waals surface area contributed by atoms with Crippen molar-refractivity contribution >= 4 is 17.3 Å². The van der Waals surface area contributed by atoms with Crippen LogP contribution in [-0.4, -0.2) is 31.8 Å². The Bertz CT molecular complexity index is 430. The molecule has 1 aromatic carbocycles. The lowest BCUT2D eigenvalue weighted by Gasteiger charge is -2.29. The predicted molar refractivity (Wildman–Crippen MR) is 85.7 cm³/mol. The summed E-state index contributed by atoms with van der Waals surface area (Å²) in [5, 5.41) is 0.811. The highest BCUT2D eigenvalue weighted by Gasteiger charge is 2.21. The lowest BCUT2D eigenvalue weighted by atomic mass is 10.0. The summed E-state index contributed by atoms with van der Waals surface area (Å²) < 4.78 is 5.76. The maximum atomic E-state index is 6.38. The van der Waals surface area contributed by atoms with Gasteiger partial charge in [-0.2, -0.15) is 0 Å². The first-order valence-corrected chi connectivity index (χ1v) is 7.89. The average Bonchev–Trinajstić information content (AvgIpc) is 2.91. The Hall–Kier alpha value is -0.770. The fourth-order valence-corrected chi connectivity index (χ4v) is 3.05. The van der Waals surface area contributed by atoms with Crippen LogP contribution in [0.2, 0.25) is 5.02 Å². The van der Waals surface area contributed by atoms with E-state index < -0.39 is 0 Å². The first kappa shape index (κ1) is 15.6. The van der Waals surface area contributed by atoms with Crippen LogP contribution in [0.3, 0.4) is 0 Å². The van der Waals surface area contributed by atoms with Gasteiger partial charge >= 0.3 is 0 Å². The number of likely N-dealkylation sites (N-methyl/N-ethyl adjacent to an activating group) is 1. The van der Waals surface area contributed by atoms with Crippen molar-refractivity contribution < 1.29 is 4.74 Å². The Labute approximate surface area is 127 Å². The summed E-state index contributed by atoms with van der Waals surface area (Å²) in [6.45, 7) is 6.97. The summed E-state index contributed by atoms with van der Waals surface area (Å²) in [6, 6.07) is 6.21. The van der Waals surface area contributed by atoms with E-state index in [4.69, 9.17) is 22.1 Å². The minimum Gasteiger partial charge on any atom is -0.376 e. The van der Waals surface area contributed by atoms with Gasteiger partial charge in [-0.05, 0) is 50.8 Å². The van der Waals surface area contributed by atoms with Gasteiger partial charge in [0.05, 0.1) is 6.10 Å². The number of hydrogen-bond donors (Lipinski definition) is 1. The van der Waals surface area contributed by atoms with E-state index in [1.54, 1.807) is 0 Å². The van der Waals surface area contributed by atoms with Crippen LogP contribution in [-0.2, 0) is 11.2 Å². The van der Waals surface area contributed by atoms with E-state index in [2.05, 4.69) is 17.9 Å². The van der Waals surface area contributed by atoms with Crippen LogP contribution in [0, 0.1) is 0 Å². The van der Waals surface area contributed by atoms with E-state index in [9.17, 15) is 0 Å². The SMILES string of the molecule is CCN(CC1CCCO1)c1cccc(Cl)c1CC(C)N. The lowest BCUT2D eigenvalue weighted by molar-refractivity contribution is 0.115. The van der Waals surface area contributed by atoms with Crippen LogP contribution in [0.5, 0.6) is 0 Å². The monoisotopic (exact) mass is 296 g/mol. The molecule has 112 valence electrons. The minimum atomic E-state index is 0.107. The summed E-state index contributed by atoms with van der Waals surface area (Å²) in [5.41, 5.74) is 8.32. The Morgan fingerprint density at radius 2 is 2.30 bits per heavy atom. The number of nitrogens with two attached hydrogens (primary N) is 1. The van der Waals surface area contributed by atoms with Crippen molar-refractivity contribution in [2.75, 3.05) is 24.6 Å². The van der Waals surface area contributed by atoms with Crippen molar-refractivity contribution in [3.05, 3.63) is 28.8 Å². The molecule has 20 heavy (non-hydrogen) atoms. The number of anilines is 1. The largest absolute Gasteiger partial charge is 0.376 e. The van der Waals surface area contributed by atoms with Crippen LogP contribution < -0.4 is 10.6 Å². The molecule has 2 N–H and O–H groups in total. The van der Waals surface area contributed by atoms with Gasteiger partial charge < -0.3 is 15.4 Å². The molecule has 0 aromatic heterocycles. The second-order valence-electron chi connectivity index (χ2n) is 5.59. The molecule has 0 spiro atoms. The highest BCUT2D eigenvalue weighted by atomic mass is 35.5. The first-order valence-electron chi connectivity index (χ1n) is 7.51. The van der Waals surface area contributed by atoms with E-state index in [1.807, 2.05) is 19.1 Å². The van der Waals surface area contributed by atoms with Gasteiger partial charge in [0.2, 0.25) is 0 Å². The zero-order valence-electron chi connectivity index (χ0n) is 12.4. The van der Waals surface area contributed by atoms with E-state index in [-0.39, 0.29) is 6.04 Å². The zero-order valence-corrected chi connectivity index (χ0v) is 13.2. The molecule has 0 radical (unpaired) electrons. The Morgan fingerprint density at radius 3 is 2.90 bits per heavy atom. The van der Waals surface area contributed by atoms with E-state index in [1.165, 1.54) is 12.1 Å². The smallest absolute Gasteiger partial charge is 0.0750 e. The van der Waals surface area contributed by atoms with Gasteiger partial charge in [0, 0.05) is 36.4 Å². The van der Waals surface area contributed by atoms with Crippen molar-refractivity contribution in [3.63, 3.8) is 0 Å². The number of hydrogen-bond acceptors (Lipinski definition) is 3. The molecule has 1 fully saturated rings. The minimum absolute atomic E-state index is 0.107. The van der Waals surface area contributed by atoms with Gasteiger partial charge in [-0.3, -0.25) is 0 Å². The standard InChI is InChI=1S/C16H25ClN2O/c1-3-19(11-13-6-5-9-20-13)16-8-4-7-15(17)14(16)10-12(2)18/h4,7-8,12-13H,3,5-6,9-11,18H2,1-2H3. The van der Waals surface area contributed by atoms with Crippen LogP contribution in [0.4, 0.5) is 5.69 Å². The van der Waals surface area contributed by atoms with Crippen LogP contribution in [0.15, 0.2) is 18.2 Å². The molecule has 1 aliphatic rings. The molecule has 1 aliphatic heterocycles. The van der Waals surface area contributed by atoms with Gasteiger partial charge in [0.25, 0.3) is 0 Å². The molecular weight excluding hydrogens is 272 g/mol. The van der Waals surface area contributed by atoms with Gasteiger partial charge in [0.15, 0.2) is 0 Å². The first-order chi connectivity index (χ1) is 9.61. The molecule has 2 atom stereocenters. The molecule has 2 unspecified atom stereocenters. The molecular formula is C16H25ClN2O. The van der Waals surface area contributed by atoms with Crippen molar-refractivity contribution in [2.24, 2.45) is 5.73 Å². The average molecular weight is 297 g/mol. The van der Waals surface area contributed by atoms with E-state index >= 15 is 0 Å². The lowest BCUT2D eigenvalue weighted by Crippen LogP contribution is -2.33.